The van der Waals surface area contributed by atoms with Crippen molar-refractivity contribution in [2.45, 2.75) is 24.6 Å². The van der Waals surface area contributed by atoms with Crippen LogP contribution in [0.25, 0.3) is 0 Å². The van der Waals surface area contributed by atoms with Gasteiger partial charge in [0.25, 0.3) is 6.43 Å². The van der Waals surface area contributed by atoms with Crippen molar-refractivity contribution in [1.82, 2.24) is 10.2 Å². The lowest BCUT2D eigenvalue weighted by molar-refractivity contribution is 0.150. The molecule has 2 nitrogen and oxygen atoms in total. The van der Waals surface area contributed by atoms with Crippen LogP contribution in [0.15, 0.2) is 0 Å². The third kappa shape index (κ3) is 2.20. The summed E-state index contributed by atoms with van der Waals surface area (Å²) in [6.45, 7) is 1.95. The second-order valence-corrected chi connectivity index (χ2v) is 4.30. The number of rotatable bonds is 3. The van der Waals surface area contributed by atoms with Gasteiger partial charge in [-0.05, 0) is 6.42 Å². The number of aromatic nitrogens is 2. The van der Waals surface area contributed by atoms with Crippen LogP contribution in [0, 0.1) is 0 Å². The molecule has 1 aromatic rings. The van der Waals surface area contributed by atoms with Gasteiger partial charge in [-0.15, -0.1) is 10.2 Å². The van der Waals surface area contributed by atoms with Crippen LogP contribution in [-0.2, 0) is 0 Å². The SMILES string of the molecule is CCC(Br)c1nnc(C(F)F)s1. The van der Waals surface area contributed by atoms with E-state index in [0.29, 0.717) is 5.01 Å². The predicted molar refractivity (Wildman–Crippen MR) is 46.8 cm³/mol. The van der Waals surface area contributed by atoms with E-state index in [4.69, 9.17) is 0 Å². The van der Waals surface area contributed by atoms with Crippen molar-refractivity contribution in [2.75, 3.05) is 0 Å². The molecule has 1 aromatic heterocycles. The largest absolute Gasteiger partial charge is 0.291 e. The van der Waals surface area contributed by atoms with Gasteiger partial charge in [0.05, 0.1) is 4.83 Å². The summed E-state index contributed by atoms with van der Waals surface area (Å²) in [6, 6.07) is 0. The molecular formula is C6H7BrF2N2S. The fourth-order valence-electron chi connectivity index (χ4n) is 0.636. The van der Waals surface area contributed by atoms with Crippen LogP contribution in [0.4, 0.5) is 8.78 Å². The summed E-state index contributed by atoms with van der Waals surface area (Å²) < 4.78 is 24.1. The summed E-state index contributed by atoms with van der Waals surface area (Å²) in [7, 11) is 0. The number of hydrogen-bond donors (Lipinski definition) is 0. The molecule has 0 amide bonds. The molecule has 6 heteroatoms. The first kappa shape index (κ1) is 9.98. The Morgan fingerprint density at radius 3 is 2.42 bits per heavy atom. The minimum atomic E-state index is -2.51. The monoisotopic (exact) mass is 256 g/mol. The molecule has 0 aliphatic carbocycles. The number of nitrogens with zero attached hydrogens (tertiary/aromatic N) is 2. The van der Waals surface area contributed by atoms with Gasteiger partial charge in [-0.1, -0.05) is 34.2 Å². The molecule has 12 heavy (non-hydrogen) atoms. The minimum absolute atomic E-state index is 0.0440. The molecule has 0 radical (unpaired) electrons. The quantitative estimate of drug-likeness (QED) is 0.776. The predicted octanol–water partition coefficient (Wildman–Crippen LogP) is 3.32. The molecule has 68 valence electrons. The van der Waals surface area contributed by atoms with Gasteiger partial charge < -0.3 is 0 Å². The summed E-state index contributed by atoms with van der Waals surface area (Å²) in [6.07, 6.45) is -1.69. The van der Waals surface area contributed by atoms with Crippen LogP contribution >= 0.6 is 27.3 Å². The highest BCUT2D eigenvalue weighted by molar-refractivity contribution is 9.09. The maximum Gasteiger partial charge on any atom is 0.291 e. The van der Waals surface area contributed by atoms with Crippen LogP contribution in [0.5, 0.6) is 0 Å². The molecule has 0 aliphatic rings. The zero-order chi connectivity index (χ0) is 9.14. The lowest BCUT2D eigenvalue weighted by Crippen LogP contribution is -1.85. The molecule has 1 rings (SSSR count). The van der Waals surface area contributed by atoms with E-state index in [1.54, 1.807) is 0 Å². The first-order valence-corrected chi connectivity index (χ1v) is 5.13. The smallest absolute Gasteiger partial charge is 0.202 e. The van der Waals surface area contributed by atoms with Crippen LogP contribution in [-0.4, -0.2) is 10.2 Å². The van der Waals surface area contributed by atoms with E-state index in [1.807, 2.05) is 6.92 Å². The van der Waals surface area contributed by atoms with Gasteiger partial charge in [0, 0.05) is 0 Å². The highest BCUT2D eigenvalue weighted by Gasteiger charge is 2.17. The Labute approximate surface area is 81.1 Å². The first-order chi connectivity index (χ1) is 5.65. The Hall–Kier alpha value is -0.100. The molecule has 0 aromatic carbocycles. The Balaban J connectivity index is 2.77. The fraction of sp³-hybridized carbons (Fsp3) is 0.667. The van der Waals surface area contributed by atoms with E-state index in [-0.39, 0.29) is 9.83 Å². The lowest BCUT2D eigenvalue weighted by atomic mass is 10.4. The van der Waals surface area contributed by atoms with Gasteiger partial charge in [-0.3, -0.25) is 0 Å². The van der Waals surface area contributed by atoms with E-state index in [0.717, 1.165) is 17.8 Å². The maximum absolute atomic E-state index is 12.0. The number of hydrogen-bond acceptors (Lipinski definition) is 3. The second kappa shape index (κ2) is 4.23. The van der Waals surface area contributed by atoms with Gasteiger partial charge in [0.1, 0.15) is 5.01 Å². The van der Waals surface area contributed by atoms with Crippen LogP contribution in [0.2, 0.25) is 0 Å². The molecular weight excluding hydrogens is 250 g/mol. The molecule has 0 bridgehead atoms. The summed E-state index contributed by atoms with van der Waals surface area (Å²) in [5.41, 5.74) is 0. The number of alkyl halides is 3. The van der Waals surface area contributed by atoms with E-state index in [1.165, 1.54) is 0 Å². The van der Waals surface area contributed by atoms with Gasteiger partial charge in [0.2, 0.25) is 0 Å². The molecule has 1 heterocycles. The van der Waals surface area contributed by atoms with Crippen molar-refractivity contribution in [3.8, 4) is 0 Å². The molecule has 0 N–H and O–H groups in total. The van der Waals surface area contributed by atoms with Crippen molar-refractivity contribution < 1.29 is 8.78 Å². The van der Waals surface area contributed by atoms with Crippen molar-refractivity contribution >= 4 is 27.3 Å². The standard InChI is InChI=1S/C6H7BrF2N2S/c1-2-3(7)5-10-11-6(12-5)4(8)9/h3-4H,2H2,1H3. The average molecular weight is 257 g/mol. The molecule has 1 atom stereocenters. The maximum atomic E-state index is 12.0. The van der Waals surface area contributed by atoms with Crippen molar-refractivity contribution in [3.05, 3.63) is 10.0 Å². The Kier molecular flexibility index (Phi) is 3.52. The normalized spacial score (nSPS) is 13.8. The van der Waals surface area contributed by atoms with Gasteiger partial charge in [-0.25, -0.2) is 8.78 Å². The molecule has 0 saturated heterocycles. The average Bonchev–Trinajstić information content (AvgIpc) is 2.51. The van der Waals surface area contributed by atoms with Crippen LogP contribution in [0.3, 0.4) is 0 Å². The molecule has 0 aliphatic heterocycles. The van der Waals surface area contributed by atoms with Crippen LogP contribution in [0.1, 0.15) is 34.6 Å². The Morgan fingerprint density at radius 2 is 2.00 bits per heavy atom. The minimum Gasteiger partial charge on any atom is -0.202 e. The molecule has 0 spiro atoms. The molecule has 0 saturated carbocycles. The topological polar surface area (TPSA) is 25.8 Å². The zero-order valence-electron chi connectivity index (χ0n) is 6.30. The van der Waals surface area contributed by atoms with Gasteiger partial charge in [-0.2, -0.15) is 0 Å². The lowest BCUT2D eigenvalue weighted by Gasteiger charge is -1.97. The van der Waals surface area contributed by atoms with Crippen molar-refractivity contribution in [1.29, 1.82) is 0 Å². The summed E-state index contributed by atoms with van der Waals surface area (Å²) in [5, 5.41) is 7.44. The van der Waals surface area contributed by atoms with Crippen molar-refractivity contribution in [3.63, 3.8) is 0 Å². The third-order valence-corrected chi connectivity index (χ3v) is 3.70. The van der Waals surface area contributed by atoms with Gasteiger partial charge >= 0.3 is 0 Å². The van der Waals surface area contributed by atoms with E-state index in [9.17, 15) is 8.78 Å². The highest BCUT2D eigenvalue weighted by Crippen LogP contribution is 2.31. The fourth-order valence-corrected chi connectivity index (χ4v) is 1.77. The Bertz CT molecular complexity index is 253. The summed E-state index contributed by atoms with van der Waals surface area (Å²) in [5.74, 6) is 0. The Morgan fingerprint density at radius 1 is 1.42 bits per heavy atom. The molecule has 0 fully saturated rings. The van der Waals surface area contributed by atoms with Crippen LogP contribution < -0.4 is 0 Å². The van der Waals surface area contributed by atoms with E-state index in [2.05, 4.69) is 26.1 Å². The summed E-state index contributed by atoms with van der Waals surface area (Å²) >= 11 is 4.26. The van der Waals surface area contributed by atoms with E-state index < -0.39 is 6.43 Å². The van der Waals surface area contributed by atoms with Crippen molar-refractivity contribution in [2.24, 2.45) is 0 Å². The first-order valence-electron chi connectivity index (χ1n) is 3.40. The van der Waals surface area contributed by atoms with Gasteiger partial charge in [0.15, 0.2) is 5.01 Å². The summed E-state index contributed by atoms with van der Waals surface area (Å²) in [4.78, 5) is 0.0440. The number of halogens is 3. The molecule has 1 unspecified atom stereocenters. The highest BCUT2D eigenvalue weighted by atomic mass is 79.9. The zero-order valence-corrected chi connectivity index (χ0v) is 8.70. The second-order valence-electron chi connectivity index (χ2n) is 2.16. The van der Waals surface area contributed by atoms with E-state index >= 15 is 0 Å². The third-order valence-electron chi connectivity index (χ3n) is 1.27.